The molecular weight excluding hydrogens is 526 g/mol. The Balaban J connectivity index is 1.28. The van der Waals surface area contributed by atoms with Crippen LogP contribution < -0.4 is 4.74 Å². The second kappa shape index (κ2) is 9.47. The first-order chi connectivity index (χ1) is 21.3. The number of rotatable bonds is 3. The zero-order valence-corrected chi connectivity index (χ0v) is 23.2. The van der Waals surface area contributed by atoms with E-state index in [1.165, 1.54) is 27.1 Å². The molecule has 1 aromatic heterocycles. The minimum absolute atomic E-state index is 0.0182. The van der Waals surface area contributed by atoms with Crippen molar-refractivity contribution in [3.63, 3.8) is 0 Å². The Morgan fingerprint density at radius 3 is 2.23 bits per heavy atom. The SMILES string of the molecule is C1=CC2Oc3ccccc3C2C=C1c1nc(-c2ccccc2)nc(-c2cccc3ccc4c5ccccc5ccc4c23)n1. The van der Waals surface area contributed by atoms with Crippen LogP contribution in [0.15, 0.2) is 140 Å². The van der Waals surface area contributed by atoms with Crippen LogP contribution in [0.3, 0.4) is 0 Å². The Bertz CT molecular complexity index is 2290. The van der Waals surface area contributed by atoms with E-state index >= 15 is 0 Å². The Labute approximate surface area is 248 Å². The van der Waals surface area contributed by atoms with Crippen molar-refractivity contribution in [1.29, 1.82) is 0 Å². The summed E-state index contributed by atoms with van der Waals surface area (Å²) in [6.45, 7) is 0. The lowest BCUT2D eigenvalue weighted by atomic mass is 9.89. The maximum atomic E-state index is 6.22. The van der Waals surface area contributed by atoms with Gasteiger partial charge in [0.2, 0.25) is 0 Å². The molecule has 202 valence electrons. The highest BCUT2D eigenvalue weighted by Gasteiger charge is 2.33. The first kappa shape index (κ1) is 24.0. The van der Waals surface area contributed by atoms with Crippen LogP contribution in [0.5, 0.6) is 5.75 Å². The number of hydrogen-bond acceptors (Lipinski definition) is 4. The average molecular weight is 552 g/mol. The van der Waals surface area contributed by atoms with Gasteiger partial charge in [0.25, 0.3) is 0 Å². The van der Waals surface area contributed by atoms with E-state index in [2.05, 4.69) is 109 Å². The highest BCUT2D eigenvalue weighted by Crippen LogP contribution is 2.43. The van der Waals surface area contributed by atoms with Crippen LogP contribution in [0.4, 0.5) is 0 Å². The van der Waals surface area contributed by atoms with Gasteiger partial charge in [-0.1, -0.05) is 127 Å². The van der Waals surface area contributed by atoms with Crippen molar-refractivity contribution in [2.75, 3.05) is 0 Å². The fraction of sp³-hybridized carbons (Fsp3) is 0.0513. The molecular formula is C39H25N3O. The summed E-state index contributed by atoms with van der Waals surface area (Å²) in [5.74, 6) is 3.03. The number of fused-ring (bicyclic) bond motifs is 8. The molecule has 6 aromatic carbocycles. The van der Waals surface area contributed by atoms with E-state index < -0.39 is 0 Å². The van der Waals surface area contributed by atoms with Crippen LogP contribution in [0.2, 0.25) is 0 Å². The summed E-state index contributed by atoms with van der Waals surface area (Å²) in [5, 5.41) is 7.18. The van der Waals surface area contributed by atoms with Crippen LogP contribution in [-0.4, -0.2) is 21.1 Å². The van der Waals surface area contributed by atoms with Crippen molar-refractivity contribution >= 4 is 37.9 Å². The van der Waals surface area contributed by atoms with E-state index in [1.807, 2.05) is 30.3 Å². The molecule has 9 rings (SSSR count). The molecule has 0 fully saturated rings. The number of para-hydroxylation sites is 1. The Hall–Kier alpha value is -5.61. The smallest absolute Gasteiger partial charge is 0.164 e. The molecule has 2 aliphatic rings. The first-order valence-electron chi connectivity index (χ1n) is 14.6. The molecule has 0 amide bonds. The highest BCUT2D eigenvalue weighted by molar-refractivity contribution is 6.20. The molecule has 1 aliphatic carbocycles. The van der Waals surface area contributed by atoms with Crippen molar-refractivity contribution in [3.05, 3.63) is 151 Å². The van der Waals surface area contributed by atoms with E-state index in [0.717, 1.165) is 33.2 Å². The summed E-state index contributed by atoms with van der Waals surface area (Å²) >= 11 is 0. The largest absolute Gasteiger partial charge is 0.485 e. The molecule has 2 unspecified atom stereocenters. The fourth-order valence-electron chi connectivity index (χ4n) is 6.60. The third kappa shape index (κ3) is 3.87. The van der Waals surface area contributed by atoms with Crippen molar-refractivity contribution in [3.8, 4) is 28.5 Å². The minimum atomic E-state index is -0.0182. The second-order valence-corrected chi connectivity index (χ2v) is 11.2. The topological polar surface area (TPSA) is 47.9 Å². The maximum absolute atomic E-state index is 6.22. The third-order valence-electron chi connectivity index (χ3n) is 8.65. The zero-order chi connectivity index (χ0) is 28.3. The average Bonchev–Trinajstić information content (AvgIpc) is 3.46. The van der Waals surface area contributed by atoms with Crippen molar-refractivity contribution in [1.82, 2.24) is 15.0 Å². The predicted octanol–water partition coefficient (Wildman–Crippen LogP) is 9.16. The maximum Gasteiger partial charge on any atom is 0.164 e. The van der Waals surface area contributed by atoms with E-state index in [0.29, 0.717) is 17.5 Å². The lowest BCUT2D eigenvalue weighted by Crippen LogP contribution is -2.17. The van der Waals surface area contributed by atoms with Gasteiger partial charge in [-0.3, -0.25) is 0 Å². The van der Waals surface area contributed by atoms with E-state index in [1.54, 1.807) is 0 Å². The van der Waals surface area contributed by atoms with Crippen LogP contribution in [0.1, 0.15) is 17.3 Å². The minimum Gasteiger partial charge on any atom is -0.485 e. The first-order valence-corrected chi connectivity index (χ1v) is 14.6. The van der Waals surface area contributed by atoms with E-state index in [4.69, 9.17) is 19.7 Å². The molecule has 0 bridgehead atoms. The normalized spacial score (nSPS) is 17.1. The van der Waals surface area contributed by atoms with Gasteiger partial charge in [-0.2, -0.15) is 0 Å². The molecule has 1 aliphatic heterocycles. The van der Waals surface area contributed by atoms with Crippen molar-refractivity contribution < 1.29 is 4.74 Å². The Kier molecular flexibility index (Phi) is 5.29. The van der Waals surface area contributed by atoms with Gasteiger partial charge in [-0.25, -0.2) is 15.0 Å². The molecule has 0 spiro atoms. The molecule has 2 atom stereocenters. The van der Waals surface area contributed by atoms with Crippen molar-refractivity contribution in [2.24, 2.45) is 0 Å². The number of benzene rings is 6. The number of allylic oxidation sites excluding steroid dienone is 2. The lowest BCUT2D eigenvalue weighted by Gasteiger charge is -2.18. The number of aromatic nitrogens is 3. The second-order valence-electron chi connectivity index (χ2n) is 11.2. The third-order valence-corrected chi connectivity index (χ3v) is 8.65. The number of nitrogens with zero attached hydrogens (tertiary/aromatic N) is 3. The quantitative estimate of drug-likeness (QED) is 0.205. The summed E-state index contributed by atoms with van der Waals surface area (Å²) < 4.78 is 6.22. The molecule has 0 saturated carbocycles. The summed E-state index contributed by atoms with van der Waals surface area (Å²) in [4.78, 5) is 15.3. The van der Waals surface area contributed by atoms with E-state index in [-0.39, 0.29) is 12.0 Å². The summed E-state index contributed by atoms with van der Waals surface area (Å²) in [6.07, 6.45) is 6.44. The molecule has 0 radical (unpaired) electrons. The fourth-order valence-corrected chi connectivity index (χ4v) is 6.60. The molecule has 7 aromatic rings. The van der Waals surface area contributed by atoms with Gasteiger partial charge in [-0.05, 0) is 39.1 Å². The summed E-state index contributed by atoms with van der Waals surface area (Å²) in [7, 11) is 0. The zero-order valence-electron chi connectivity index (χ0n) is 23.2. The van der Waals surface area contributed by atoms with Crippen LogP contribution in [0.25, 0.3) is 60.7 Å². The molecule has 4 heteroatoms. The van der Waals surface area contributed by atoms with Gasteiger partial charge in [-0.15, -0.1) is 0 Å². The monoisotopic (exact) mass is 551 g/mol. The number of hydrogen-bond donors (Lipinski definition) is 0. The lowest BCUT2D eigenvalue weighted by molar-refractivity contribution is 0.269. The highest BCUT2D eigenvalue weighted by atomic mass is 16.5. The predicted molar refractivity (Wildman–Crippen MR) is 174 cm³/mol. The van der Waals surface area contributed by atoms with Crippen LogP contribution in [0, 0.1) is 0 Å². The Morgan fingerprint density at radius 1 is 0.535 bits per heavy atom. The van der Waals surface area contributed by atoms with Gasteiger partial charge >= 0.3 is 0 Å². The number of ether oxygens (including phenoxy) is 1. The molecule has 43 heavy (non-hydrogen) atoms. The van der Waals surface area contributed by atoms with Crippen LogP contribution in [-0.2, 0) is 0 Å². The van der Waals surface area contributed by atoms with Gasteiger partial charge in [0.15, 0.2) is 17.5 Å². The molecule has 0 saturated heterocycles. The summed E-state index contributed by atoms with van der Waals surface area (Å²) in [6, 6.07) is 42.2. The van der Waals surface area contributed by atoms with E-state index in [9.17, 15) is 0 Å². The van der Waals surface area contributed by atoms with Gasteiger partial charge in [0, 0.05) is 33.6 Å². The summed E-state index contributed by atoms with van der Waals surface area (Å²) in [5.41, 5.74) is 4.11. The van der Waals surface area contributed by atoms with Gasteiger partial charge in [0.1, 0.15) is 11.9 Å². The standard InChI is InChI=1S/C39H25N3O/c1-2-10-26(11-3-1)37-40-38(27-19-22-35-33(23-27)30-14-6-7-16-34(30)43-35)42-39(41-37)32-15-8-12-25-18-20-29-28-13-5-4-9-24(28)17-21-31(29)36(25)32/h1-23,33,35H. The molecule has 2 heterocycles. The van der Waals surface area contributed by atoms with Crippen molar-refractivity contribution in [2.45, 2.75) is 12.0 Å². The molecule has 4 nitrogen and oxygen atoms in total. The van der Waals surface area contributed by atoms with Crippen LogP contribution >= 0.6 is 0 Å². The molecule has 0 N–H and O–H groups in total. The Morgan fingerprint density at radius 2 is 1.28 bits per heavy atom. The van der Waals surface area contributed by atoms with Gasteiger partial charge < -0.3 is 4.74 Å². The van der Waals surface area contributed by atoms with Gasteiger partial charge in [0.05, 0.1) is 0 Å².